The average molecular weight is 960 g/mol. The molecule has 0 aliphatic rings. The molecule has 0 saturated heterocycles. The molecule has 0 rings (SSSR count). The minimum absolute atomic E-state index is 0.0578. The fraction of sp³-hybridized carbons (Fsp3) is 0.937. The number of hydrogen-bond donors (Lipinski definition) is 1. The van der Waals surface area contributed by atoms with Crippen molar-refractivity contribution in [2.45, 2.75) is 367 Å². The number of carbonyl (C=O) groups excluding carboxylic acids is 2. The largest absolute Gasteiger partial charge is 0.462 e. The predicted octanol–water partition coefficient (Wildman–Crippen LogP) is 21.1. The van der Waals surface area contributed by atoms with Crippen LogP contribution in [-0.2, 0) is 19.1 Å². The van der Waals surface area contributed by atoms with Gasteiger partial charge in [0.15, 0.2) is 6.10 Å². The molecular weight excluding hydrogens is 837 g/mol. The van der Waals surface area contributed by atoms with Gasteiger partial charge in [0, 0.05) is 12.8 Å². The Hall–Kier alpha value is -1.36. The number of aliphatic hydroxyl groups is 1. The quantitative estimate of drug-likeness (QED) is 0.0374. The Labute approximate surface area is 426 Å². The fourth-order valence-electron chi connectivity index (χ4n) is 9.85. The van der Waals surface area contributed by atoms with Crippen LogP contribution in [0.3, 0.4) is 0 Å². The monoisotopic (exact) mass is 959 g/mol. The lowest BCUT2D eigenvalue weighted by molar-refractivity contribution is -0.161. The molecule has 1 atom stereocenters. The summed E-state index contributed by atoms with van der Waals surface area (Å²) in [5.74, 6) is -0.566. The Balaban J connectivity index is 3.39. The highest BCUT2D eigenvalue weighted by molar-refractivity contribution is 5.70. The second-order valence-corrected chi connectivity index (χ2v) is 21.5. The van der Waals surface area contributed by atoms with Crippen molar-refractivity contribution in [1.29, 1.82) is 0 Å². The number of rotatable bonds is 59. The molecule has 5 nitrogen and oxygen atoms in total. The Morgan fingerprint density at radius 3 is 0.794 bits per heavy atom. The molecule has 0 bridgehead atoms. The molecule has 0 spiro atoms. The van der Waals surface area contributed by atoms with Crippen LogP contribution in [0.4, 0.5) is 0 Å². The zero-order valence-corrected chi connectivity index (χ0v) is 46.4. The first-order valence-electron chi connectivity index (χ1n) is 31.2. The summed E-state index contributed by atoms with van der Waals surface area (Å²) < 4.78 is 10.7. The topological polar surface area (TPSA) is 72.8 Å². The number of unbranched alkanes of at least 4 members (excludes halogenated alkanes) is 49. The molecule has 0 aliphatic heterocycles. The third-order valence-electron chi connectivity index (χ3n) is 14.6. The van der Waals surface area contributed by atoms with Gasteiger partial charge in [-0.05, 0) is 38.5 Å². The van der Waals surface area contributed by atoms with Crippen LogP contribution in [0.15, 0.2) is 12.2 Å². The number of ether oxygens (including phenoxy) is 2. The Kier molecular flexibility index (Phi) is 58.7. The molecule has 0 radical (unpaired) electrons. The highest BCUT2D eigenvalue weighted by Gasteiger charge is 2.16. The van der Waals surface area contributed by atoms with Crippen molar-refractivity contribution in [2.75, 3.05) is 13.2 Å². The lowest BCUT2D eigenvalue weighted by atomic mass is 10.0. The molecule has 1 unspecified atom stereocenters. The van der Waals surface area contributed by atoms with Crippen LogP contribution in [0.5, 0.6) is 0 Å². The molecule has 5 heteroatoms. The number of aliphatic hydroxyl groups excluding tert-OH is 1. The molecule has 0 aliphatic carbocycles. The van der Waals surface area contributed by atoms with E-state index in [-0.39, 0.29) is 25.2 Å². The summed E-state index contributed by atoms with van der Waals surface area (Å²) in [4.78, 5) is 24.6. The van der Waals surface area contributed by atoms with E-state index in [1.54, 1.807) is 0 Å². The maximum Gasteiger partial charge on any atom is 0.306 e. The van der Waals surface area contributed by atoms with Crippen LogP contribution < -0.4 is 0 Å². The van der Waals surface area contributed by atoms with Crippen LogP contribution in [0.2, 0.25) is 0 Å². The Bertz CT molecular complexity index is 994. The van der Waals surface area contributed by atoms with Crippen LogP contribution >= 0.6 is 0 Å². The van der Waals surface area contributed by atoms with Crippen molar-refractivity contribution in [3.63, 3.8) is 0 Å². The van der Waals surface area contributed by atoms with E-state index in [4.69, 9.17) is 9.47 Å². The van der Waals surface area contributed by atoms with Crippen molar-refractivity contribution in [3.05, 3.63) is 12.2 Å². The third kappa shape index (κ3) is 57.2. The zero-order chi connectivity index (χ0) is 49.2. The first kappa shape index (κ1) is 66.6. The van der Waals surface area contributed by atoms with Gasteiger partial charge in [-0.1, -0.05) is 321 Å². The maximum absolute atomic E-state index is 12.3. The Morgan fingerprint density at radius 1 is 0.324 bits per heavy atom. The molecule has 0 heterocycles. The van der Waals surface area contributed by atoms with Gasteiger partial charge < -0.3 is 14.6 Å². The van der Waals surface area contributed by atoms with Gasteiger partial charge in [-0.25, -0.2) is 0 Å². The standard InChI is InChI=1S/C63H122O5/c1-3-5-7-9-11-13-15-17-19-21-23-25-27-29-30-31-32-34-35-37-39-41-43-45-47-49-51-53-55-57-62(65)67-60-61(59-64)68-63(66)58-56-54-52-50-48-46-44-42-40-38-36-33-28-26-24-22-20-18-16-14-12-10-8-6-4-2/h22,24,61,64H,3-21,23,25-60H2,1-2H3/b24-22-. The Morgan fingerprint density at radius 2 is 0.544 bits per heavy atom. The van der Waals surface area contributed by atoms with Crippen molar-refractivity contribution < 1.29 is 24.2 Å². The van der Waals surface area contributed by atoms with Crippen molar-refractivity contribution in [2.24, 2.45) is 0 Å². The van der Waals surface area contributed by atoms with Crippen molar-refractivity contribution in [1.82, 2.24) is 0 Å². The van der Waals surface area contributed by atoms with E-state index >= 15 is 0 Å². The molecule has 0 aromatic heterocycles. The smallest absolute Gasteiger partial charge is 0.306 e. The van der Waals surface area contributed by atoms with E-state index in [1.807, 2.05) is 0 Å². The van der Waals surface area contributed by atoms with E-state index in [0.29, 0.717) is 12.8 Å². The number of carbonyl (C=O) groups is 2. The highest BCUT2D eigenvalue weighted by atomic mass is 16.6. The predicted molar refractivity (Wildman–Crippen MR) is 298 cm³/mol. The van der Waals surface area contributed by atoms with E-state index in [0.717, 1.165) is 32.1 Å². The molecule has 0 fully saturated rings. The van der Waals surface area contributed by atoms with Crippen LogP contribution in [0, 0.1) is 0 Å². The summed E-state index contributed by atoms with van der Waals surface area (Å²) in [6, 6.07) is 0. The van der Waals surface area contributed by atoms with E-state index in [1.165, 1.54) is 302 Å². The maximum atomic E-state index is 12.3. The number of esters is 2. The summed E-state index contributed by atoms with van der Waals surface area (Å²) >= 11 is 0. The minimum atomic E-state index is -0.767. The molecule has 0 aromatic rings. The second-order valence-electron chi connectivity index (χ2n) is 21.5. The summed E-state index contributed by atoms with van der Waals surface area (Å²) in [6.45, 7) is 4.21. The van der Waals surface area contributed by atoms with Crippen molar-refractivity contribution >= 4 is 11.9 Å². The summed E-state index contributed by atoms with van der Waals surface area (Å²) in [7, 11) is 0. The van der Waals surface area contributed by atoms with Gasteiger partial charge in [0.1, 0.15) is 6.61 Å². The van der Waals surface area contributed by atoms with Gasteiger partial charge in [0.2, 0.25) is 0 Å². The van der Waals surface area contributed by atoms with Gasteiger partial charge in [0.05, 0.1) is 6.61 Å². The number of hydrogen-bond acceptors (Lipinski definition) is 5. The molecule has 68 heavy (non-hydrogen) atoms. The van der Waals surface area contributed by atoms with Crippen molar-refractivity contribution in [3.8, 4) is 0 Å². The minimum Gasteiger partial charge on any atom is -0.462 e. The highest BCUT2D eigenvalue weighted by Crippen LogP contribution is 2.18. The third-order valence-corrected chi connectivity index (χ3v) is 14.6. The van der Waals surface area contributed by atoms with E-state index in [9.17, 15) is 14.7 Å². The zero-order valence-electron chi connectivity index (χ0n) is 46.4. The van der Waals surface area contributed by atoms with Gasteiger partial charge in [-0.2, -0.15) is 0 Å². The SMILES string of the molecule is CCCCCCCCCC/C=C\CCCCCCCCCCCCCCCC(=O)OC(CO)COC(=O)CCCCCCCCCCCCCCCCCCCCCCCCCCCCCCC. The lowest BCUT2D eigenvalue weighted by Crippen LogP contribution is -2.28. The van der Waals surface area contributed by atoms with Gasteiger partial charge in [-0.3, -0.25) is 9.59 Å². The van der Waals surface area contributed by atoms with Gasteiger partial charge in [-0.15, -0.1) is 0 Å². The van der Waals surface area contributed by atoms with Crippen LogP contribution in [0.1, 0.15) is 361 Å². The second kappa shape index (κ2) is 59.9. The van der Waals surface area contributed by atoms with Gasteiger partial charge >= 0.3 is 11.9 Å². The van der Waals surface area contributed by atoms with E-state index in [2.05, 4.69) is 26.0 Å². The summed E-state index contributed by atoms with van der Waals surface area (Å²) in [6.07, 6.45) is 75.0. The summed E-state index contributed by atoms with van der Waals surface area (Å²) in [5, 5.41) is 9.67. The molecular formula is C63H122O5. The van der Waals surface area contributed by atoms with Crippen LogP contribution in [0.25, 0.3) is 0 Å². The molecule has 1 N–H and O–H groups in total. The molecule has 0 aromatic carbocycles. The molecule has 0 saturated carbocycles. The van der Waals surface area contributed by atoms with E-state index < -0.39 is 6.10 Å². The molecule has 404 valence electrons. The summed E-state index contributed by atoms with van der Waals surface area (Å²) in [5.41, 5.74) is 0. The van der Waals surface area contributed by atoms with Gasteiger partial charge in [0.25, 0.3) is 0 Å². The molecule has 0 amide bonds. The average Bonchev–Trinajstić information content (AvgIpc) is 3.34. The normalized spacial score (nSPS) is 12.1. The first-order chi connectivity index (χ1) is 33.6. The van der Waals surface area contributed by atoms with Crippen LogP contribution in [-0.4, -0.2) is 36.4 Å². The number of allylic oxidation sites excluding steroid dienone is 2. The fourth-order valence-corrected chi connectivity index (χ4v) is 9.85. The first-order valence-corrected chi connectivity index (χ1v) is 31.2. The lowest BCUT2D eigenvalue weighted by Gasteiger charge is -2.15.